The van der Waals surface area contributed by atoms with E-state index >= 15 is 0 Å². The quantitative estimate of drug-likeness (QED) is 0.242. The molecule has 0 aromatic carbocycles. The molecule has 4 heteroatoms. The monoisotopic (exact) mass is 224 g/mol. The zero-order valence-corrected chi connectivity index (χ0v) is 9.13. The highest BCUT2D eigenvalue weighted by atomic mass is 16.1. The molecular formula is C12H16O4. The molecule has 0 N–H and O–H groups in total. The van der Waals surface area contributed by atoms with Crippen molar-refractivity contribution in [3.05, 3.63) is 12.2 Å². The lowest BCUT2D eigenvalue weighted by Gasteiger charge is -2.01. The molecule has 0 heterocycles. The fourth-order valence-corrected chi connectivity index (χ4v) is 1.25. The van der Waals surface area contributed by atoms with Crippen LogP contribution >= 0.6 is 0 Å². The highest BCUT2D eigenvalue weighted by molar-refractivity contribution is 5.92. The molecule has 0 bridgehead atoms. The number of carbonyl (C=O) groups excluding carboxylic acids is 4. The summed E-state index contributed by atoms with van der Waals surface area (Å²) in [6, 6.07) is 0. The van der Waals surface area contributed by atoms with Gasteiger partial charge in [0.05, 0.1) is 5.92 Å². The summed E-state index contributed by atoms with van der Waals surface area (Å²) < 4.78 is 0. The third-order valence-electron chi connectivity index (χ3n) is 2.17. The van der Waals surface area contributed by atoms with Crippen LogP contribution in [0.4, 0.5) is 0 Å². The molecule has 0 unspecified atom stereocenters. The van der Waals surface area contributed by atoms with Crippen LogP contribution in [0.3, 0.4) is 0 Å². The SMILES string of the molecule is O=CC=CC(=O)CCCCCC(C=O)C=O. The number of aldehydes is 3. The van der Waals surface area contributed by atoms with Crippen LogP contribution in [-0.4, -0.2) is 24.6 Å². The molecule has 0 fully saturated rings. The highest BCUT2D eigenvalue weighted by Gasteiger charge is 2.04. The first-order valence-electron chi connectivity index (χ1n) is 5.30. The molecule has 0 aliphatic carbocycles. The van der Waals surface area contributed by atoms with E-state index in [2.05, 4.69) is 0 Å². The molecule has 0 saturated carbocycles. The van der Waals surface area contributed by atoms with Gasteiger partial charge in [-0.05, 0) is 25.0 Å². The molecule has 88 valence electrons. The van der Waals surface area contributed by atoms with Gasteiger partial charge < -0.3 is 9.59 Å². The first-order chi connectivity index (χ1) is 7.74. The third-order valence-corrected chi connectivity index (χ3v) is 2.17. The van der Waals surface area contributed by atoms with E-state index in [0.29, 0.717) is 38.1 Å². The zero-order valence-electron chi connectivity index (χ0n) is 9.13. The Morgan fingerprint density at radius 2 is 1.69 bits per heavy atom. The Morgan fingerprint density at radius 1 is 1.00 bits per heavy atom. The van der Waals surface area contributed by atoms with Gasteiger partial charge in [-0.25, -0.2) is 0 Å². The number of ketones is 1. The molecule has 0 aromatic rings. The Balaban J connectivity index is 3.49. The Kier molecular flexibility index (Phi) is 8.97. The molecule has 16 heavy (non-hydrogen) atoms. The van der Waals surface area contributed by atoms with Gasteiger partial charge in [-0.1, -0.05) is 12.8 Å². The summed E-state index contributed by atoms with van der Waals surface area (Å²) in [6.45, 7) is 0. The first kappa shape index (κ1) is 14.4. The minimum atomic E-state index is -0.509. The second-order valence-corrected chi connectivity index (χ2v) is 3.50. The largest absolute Gasteiger partial charge is 0.303 e. The zero-order chi connectivity index (χ0) is 12.2. The number of unbranched alkanes of at least 4 members (excludes halogenated alkanes) is 2. The molecule has 0 rings (SSSR count). The van der Waals surface area contributed by atoms with Gasteiger partial charge in [0, 0.05) is 6.42 Å². The second-order valence-electron chi connectivity index (χ2n) is 3.50. The molecule has 0 spiro atoms. The Hall–Kier alpha value is -1.58. The fourth-order valence-electron chi connectivity index (χ4n) is 1.25. The van der Waals surface area contributed by atoms with Gasteiger partial charge in [-0.3, -0.25) is 9.59 Å². The van der Waals surface area contributed by atoms with Gasteiger partial charge in [0.25, 0.3) is 0 Å². The lowest BCUT2D eigenvalue weighted by Crippen LogP contribution is -2.03. The van der Waals surface area contributed by atoms with E-state index in [1.54, 1.807) is 0 Å². The van der Waals surface area contributed by atoms with Crippen molar-refractivity contribution in [1.29, 1.82) is 0 Å². The third kappa shape index (κ3) is 7.79. The Morgan fingerprint density at radius 3 is 2.25 bits per heavy atom. The van der Waals surface area contributed by atoms with Crippen LogP contribution in [0.25, 0.3) is 0 Å². The van der Waals surface area contributed by atoms with Crippen LogP contribution < -0.4 is 0 Å². The molecule has 0 aliphatic rings. The van der Waals surface area contributed by atoms with Crippen LogP contribution in [0.5, 0.6) is 0 Å². The van der Waals surface area contributed by atoms with Gasteiger partial charge in [-0.2, -0.15) is 0 Å². The van der Waals surface area contributed by atoms with Crippen LogP contribution in [0.1, 0.15) is 32.1 Å². The average molecular weight is 224 g/mol. The average Bonchev–Trinajstić information content (AvgIpc) is 2.31. The summed E-state index contributed by atoms with van der Waals surface area (Å²) in [6.07, 6.45) is 7.51. The summed E-state index contributed by atoms with van der Waals surface area (Å²) in [5.74, 6) is -0.583. The van der Waals surface area contributed by atoms with Crippen molar-refractivity contribution in [3.8, 4) is 0 Å². The van der Waals surface area contributed by atoms with Crippen LogP contribution in [-0.2, 0) is 19.2 Å². The van der Waals surface area contributed by atoms with Crippen molar-refractivity contribution in [2.75, 3.05) is 0 Å². The van der Waals surface area contributed by atoms with Crippen LogP contribution in [0, 0.1) is 5.92 Å². The van der Waals surface area contributed by atoms with Crippen LogP contribution in [0.2, 0.25) is 0 Å². The van der Waals surface area contributed by atoms with E-state index in [-0.39, 0.29) is 5.78 Å². The number of carbonyl (C=O) groups is 4. The van der Waals surface area contributed by atoms with E-state index in [1.165, 1.54) is 12.2 Å². The van der Waals surface area contributed by atoms with Crippen molar-refractivity contribution in [2.45, 2.75) is 32.1 Å². The predicted octanol–water partition coefficient (Wildman–Crippen LogP) is 1.28. The number of hydrogen-bond donors (Lipinski definition) is 0. The van der Waals surface area contributed by atoms with E-state index in [1.807, 2.05) is 0 Å². The minimum Gasteiger partial charge on any atom is -0.303 e. The lowest BCUT2D eigenvalue weighted by molar-refractivity contribution is -0.119. The number of hydrogen-bond acceptors (Lipinski definition) is 4. The molecule has 0 aliphatic heterocycles. The standard InChI is InChI=1S/C12H16O4/c13-8-4-7-12(16)6-3-1-2-5-11(9-14)10-15/h4,7-11H,1-3,5-6H2. The predicted molar refractivity (Wildman–Crippen MR) is 58.9 cm³/mol. The summed E-state index contributed by atoms with van der Waals surface area (Å²) in [5.41, 5.74) is 0. The summed E-state index contributed by atoms with van der Waals surface area (Å²) >= 11 is 0. The van der Waals surface area contributed by atoms with Gasteiger partial charge in [0.15, 0.2) is 5.78 Å². The topological polar surface area (TPSA) is 68.3 Å². The van der Waals surface area contributed by atoms with E-state index in [9.17, 15) is 19.2 Å². The molecule has 4 nitrogen and oxygen atoms in total. The molecule has 0 atom stereocenters. The summed E-state index contributed by atoms with van der Waals surface area (Å²) in [5, 5.41) is 0. The van der Waals surface area contributed by atoms with Gasteiger partial charge in [0.1, 0.15) is 18.9 Å². The normalized spacial score (nSPS) is 10.6. The summed E-state index contributed by atoms with van der Waals surface area (Å²) in [4.78, 5) is 41.6. The van der Waals surface area contributed by atoms with Crippen molar-refractivity contribution in [3.63, 3.8) is 0 Å². The van der Waals surface area contributed by atoms with Gasteiger partial charge in [0.2, 0.25) is 0 Å². The Bertz CT molecular complexity index is 260. The summed E-state index contributed by atoms with van der Waals surface area (Å²) in [7, 11) is 0. The van der Waals surface area contributed by atoms with E-state index in [0.717, 1.165) is 12.8 Å². The molecule has 0 aromatic heterocycles. The van der Waals surface area contributed by atoms with Gasteiger partial charge in [-0.15, -0.1) is 0 Å². The van der Waals surface area contributed by atoms with Crippen molar-refractivity contribution < 1.29 is 19.2 Å². The van der Waals surface area contributed by atoms with Crippen molar-refractivity contribution >= 4 is 24.6 Å². The second kappa shape index (κ2) is 9.96. The minimum absolute atomic E-state index is 0.0746. The smallest absolute Gasteiger partial charge is 0.155 e. The molecule has 0 amide bonds. The van der Waals surface area contributed by atoms with Crippen LogP contribution in [0.15, 0.2) is 12.2 Å². The Labute approximate surface area is 94.7 Å². The number of rotatable bonds is 10. The maximum atomic E-state index is 11.1. The van der Waals surface area contributed by atoms with E-state index < -0.39 is 5.92 Å². The van der Waals surface area contributed by atoms with Gasteiger partial charge >= 0.3 is 0 Å². The maximum Gasteiger partial charge on any atom is 0.155 e. The maximum absolute atomic E-state index is 11.1. The molecule has 0 radical (unpaired) electrons. The lowest BCUT2D eigenvalue weighted by atomic mass is 10.0. The highest BCUT2D eigenvalue weighted by Crippen LogP contribution is 2.08. The van der Waals surface area contributed by atoms with Crippen molar-refractivity contribution in [2.24, 2.45) is 5.92 Å². The van der Waals surface area contributed by atoms with Crippen molar-refractivity contribution in [1.82, 2.24) is 0 Å². The first-order valence-corrected chi connectivity index (χ1v) is 5.30. The fraction of sp³-hybridized carbons (Fsp3) is 0.500. The molecule has 0 saturated heterocycles. The number of allylic oxidation sites excluding steroid dienone is 2. The van der Waals surface area contributed by atoms with E-state index in [4.69, 9.17) is 0 Å². The molecular weight excluding hydrogens is 208 g/mol.